The number of hydrogen-bond acceptors (Lipinski definition) is 5. The third kappa shape index (κ3) is 7.46. The van der Waals surface area contributed by atoms with Gasteiger partial charge < -0.3 is 15.2 Å². The Morgan fingerprint density at radius 1 is 1.27 bits per heavy atom. The van der Waals surface area contributed by atoms with Crippen molar-refractivity contribution in [3.63, 3.8) is 0 Å². The summed E-state index contributed by atoms with van der Waals surface area (Å²) in [6, 6.07) is 3.66. The van der Waals surface area contributed by atoms with Crippen LogP contribution in [0.25, 0.3) is 0 Å². The summed E-state index contributed by atoms with van der Waals surface area (Å²) in [7, 11) is 0. The van der Waals surface area contributed by atoms with Crippen LogP contribution in [0.1, 0.15) is 5.69 Å². The number of hydrogen-bond donors (Lipinski definition) is 3. The molecule has 0 unspecified atom stereocenters. The van der Waals surface area contributed by atoms with Gasteiger partial charge in [-0.1, -0.05) is 23.4 Å². The molecule has 0 aliphatic heterocycles. The zero-order chi connectivity index (χ0) is 16.4. The predicted molar refractivity (Wildman–Crippen MR) is 81.8 cm³/mol. The molecule has 0 saturated heterocycles. The van der Waals surface area contributed by atoms with Crippen LogP contribution in [0.2, 0.25) is 5.02 Å². The first-order valence-electron chi connectivity index (χ1n) is 5.84. The van der Waals surface area contributed by atoms with Gasteiger partial charge in [0.1, 0.15) is 5.03 Å². The molecule has 0 fully saturated rings. The first kappa shape index (κ1) is 17.7. The molecule has 2 aromatic heterocycles. The van der Waals surface area contributed by atoms with Crippen molar-refractivity contribution in [3.8, 4) is 0 Å². The van der Waals surface area contributed by atoms with Gasteiger partial charge in [0.15, 0.2) is 0 Å². The minimum absolute atomic E-state index is 0.558. The van der Waals surface area contributed by atoms with Crippen LogP contribution in [0, 0.1) is 0 Å². The average Bonchev–Trinajstić information content (AvgIpc) is 2.98. The van der Waals surface area contributed by atoms with E-state index in [0.29, 0.717) is 17.2 Å². The number of halogens is 1. The second-order valence-electron chi connectivity index (χ2n) is 3.65. The third-order valence-corrected chi connectivity index (χ3v) is 3.46. The van der Waals surface area contributed by atoms with Crippen molar-refractivity contribution in [3.05, 3.63) is 53.7 Å². The van der Waals surface area contributed by atoms with Gasteiger partial charge in [0.2, 0.25) is 0 Å². The molecule has 0 spiro atoms. The molecule has 0 aromatic carbocycles. The Morgan fingerprint density at radius 2 is 1.95 bits per heavy atom. The molecule has 7 nitrogen and oxygen atoms in total. The zero-order valence-corrected chi connectivity index (χ0v) is 12.7. The monoisotopic (exact) mass is 341 g/mol. The lowest BCUT2D eigenvalue weighted by molar-refractivity contribution is -0.134. The highest BCUT2D eigenvalue weighted by atomic mass is 35.5. The minimum Gasteiger partial charge on any atom is -0.478 e. The number of nitrogens with zero attached hydrogens (tertiary/aromatic N) is 2. The number of H-pyrrole nitrogens is 1. The van der Waals surface area contributed by atoms with E-state index in [2.05, 4.69) is 15.0 Å². The van der Waals surface area contributed by atoms with Crippen molar-refractivity contribution < 1.29 is 19.8 Å². The van der Waals surface area contributed by atoms with Gasteiger partial charge in [-0.25, -0.2) is 19.6 Å². The van der Waals surface area contributed by atoms with E-state index in [9.17, 15) is 9.59 Å². The molecule has 3 N–H and O–H groups in total. The van der Waals surface area contributed by atoms with Gasteiger partial charge in [0, 0.05) is 30.3 Å². The van der Waals surface area contributed by atoms with Gasteiger partial charge in [-0.3, -0.25) is 0 Å². The molecule has 0 aliphatic carbocycles. The quantitative estimate of drug-likeness (QED) is 0.565. The number of carbonyl (C=O) groups is 2. The Kier molecular flexibility index (Phi) is 7.73. The second-order valence-corrected chi connectivity index (χ2v) is 5.02. The maximum atomic E-state index is 9.55. The van der Waals surface area contributed by atoms with Gasteiger partial charge in [-0.05, 0) is 12.1 Å². The fourth-order valence-corrected chi connectivity index (χ4v) is 2.20. The van der Waals surface area contributed by atoms with Crippen LogP contribution in [0.4, 0.5) is 0 Å². The maximum Gasteiger partial charge on any atom is 0.328 e. The number of rotatable bonds is 5. The van der Waals surface area contributed by atoms with Gasteiger partial charge in [0.25, 0.3) is 0 Å². The molecule has 22 heavy (non-hydrogen) atoms. The number of aromatic amines is 1. The number of aliphatic carboxylic acids is 2. The number of carboxylic acids is 2. The summed E-state index contributed by atoms with van der Waals surface area (Å²) in [4.78, 5) is 30.3. The summed E-state index contributed by atoms with van der Waals surface area (Å²) in [6.07, 6.45) is 6.38. The fourth-order valence-electron chi connectivity index (χ4n) is 1.13. The van der Waals surface area contributed by atoms with Gasteiger partial charge >= 0.3 is 11.9 Å². The number of thioether (sulfide) groups is 1. The minimum atomic E-state index is -1.26. The standard InChI is InChI=1S/C9H8ClN3S.C4H4O4/c10-8-2-1-3-12-9(8)14-5-7-4-11-6-13-7;5-3(6)1-2-4(7)8/h1-4,6H,5H2,(H,11,13);1-2H,(H,5,6)(H,7,8)/b;2-1-. The van der Waals surface area contributed by atoms with Crippen molar-refractivity contribution in [1.82, 2.24) is 15.0 Å². The summed E-state index contributed by atoms with van der Waals surface area (Å²) >= 11 is 7.53. The van der Waals surface area contributed by atoms with E-state index in [1.807, 2.05) is 18.3 Å². The van der Waals surface area contributed by atoms with Gasteiger partial charge in [0.05, 0.1) is 17.0 Å². The number of pyridine rings is 1. The van der Waals surface area contributed by atoms with Crippen molar-refractivity contribution in [1.29, 1.82) is 0 Å². The Balaban J connectivity index is 0.000000261. The highest BCUT2D eigenvalue weighted by Gasteiger charge is 2.02. The molecule has 0 saturated carbocycles. The summed E-state index contributed by atoms with van der Waals surface area (Å²) in [5.41, 5.74) is 0.997. The summed E-state index contributed by atoms with van der Waals surface area (Å²) in [5, 5.41) is 17.2. The molecular formula is C13H12ClN3O4S. The highest BCUT2D eigenvalue weighted by molar-refractivity contribution is 7.98. The number of imidazole rings is 1. The lowest BCUT2D eigenvalue weighted by atomic mass is 10.5. The van der Waals surface area contributed by atoms with Gasteiger partial charge in [-0.2, -0.15) is 0 Å². The number of aromatic nitrogens is 3. The molecule has 116 valence electrons. The van der Waals surface area contributed by atoms with Crippen LogP contribution in [-0.4, -0.2) is 37.1 Å². The summed E-state index contributed by atoms with van der Waals surface area (Å²) in [6.45, 7) is 0. The van der Waals surface area contributed by atoms with Crippen LogP contribution in [-0.2, 0) is 15.3 Å². The molecule has 2 aromatic rings. The topological polar surface area (TPSA) is 116 Å². The van der Waals surface area contributed by atoms with Crippen LogP contribution >= 0.6 is 23.4 Å². The smallest absolute Gasteiger partial charge is 0.328 e. The van der Waals surface area contributed by atoms with Crippen molar-refractivity contribution in [2.75, 3.05) is 0 Å². The van der Waals surface area contributed by atoms with E-state index in [0.717, 1.165) is 16.5 Å². The van der Waals surface area contributed by atoms with Crippen molar-refractivity contribution in [2.24, 2.45) is 0 Å². The van der Waals surface area contributed by atoms with E-state index in [1.54, 1.807) is 24.3 Å². The first-order valence-corrected chi connectivity index (χ1v) is 7.20. The molecule has 9 heteroatoms. The zero-order valence-electron chi connectivity index (χ0n) is 11.1. The van der Waals surface area contributed by atoms with Crippen LogP contribution in [0.5, 0.6) is 0 Å². The summed E-state index contributed by atoms with van der Waals surface area (Å²) in [5.74, 6) is -1.74. The molecule has 2 heterocycles. The Hall–Kier alpha value is -2.32. The number of nitrogens with one attached hydrogen (secondary N) is 1. The Morgan fingerprint density at radius 3 is 2.45 bits per heavy atom. The van der Waals surface area contributed by atoms with Crippen molar-refractivity contribution in [2.45, 2.75) is 10.8 Å². The lowest BCUT2D eigenvalue weighted by Gasteiger charge is -1.99. The van der Waals surface area contributed by atoms with Crippen molar-refractivity contribution >= 4 is 35.3 Å². The van der Waals surface area contributed by atoms with E-state index >= 15 is 0 Å². The molecular weight excluding hydrogens is 330 g/mol. The normalized spacial score (nSPS) is 10.0. The largest absolute Gasteiger partial charge is 0.478 e. The SMILES string of the molecule is Clc1cccnc1SCc1c[nH]cn1.O=C(O)/C=C\C(=O)O. The molecule has 0 radical (unpaired) electrons. The average molecular weight is 342 g/mol. The first-order chi connectivity index (χ1) is 10.5. The fraction of sp³-hybridized carbons (Fsp3) is 0.0769. The van der Waals surface area contributed by atoms with E-state index in [1.165, 1.54) is 0 Å². The van der Waals surface area contributed by atoms with Crippen LogP contribution in [0.15, 0.2) is 48.0 Å². The highest BCUT2D eigenvalue weighted by Crippen LogP contribution is 2.26. The molecule has 0 amide bonds. The van der Waals surface area contributed by atoms with E-state index in [-0.39, 0.29) is 0 Å². The molecule has 2 rings (SSSR count). The molecule has 0 aliphatic rings. The molecule has 0 bridgehead atoms. The van der Waals surface area contributed by atoms with Gasteiger partial charge in [-0.15, -0.1) is 0 Å². The Labute approximate surface area is 135 Å². The van der Waals surface area contributed by atoms with Crippen LogP contribution < -0.4 is 0 Å². The summed E-state index contributed by atoms with van der Waals surface area (Å²) < 4.78 is 0. The third-order valence-electron chi connectivity index (χ3n) is 2.00. The molecule has 0 atom stereocenters. The predicted octanol–water partition coefficient (Wildman–Crippen LogP) is 2.46. The van der Waals surface area contributed by atoms with E-state index < -0.39 is 11.9 Å². The lowest BCUT2D eigenvalue weighted by Crippen LogP contribution is -1.91. The maximum absolute atomic E-state index is 9.55. The number of carboxylic acid groups (broad SMARTS) is 2. The van der Waals surface area contributed by atoms with Crippen LogP contribution in [0.3, 0.4) is 0 Å². The Bertz CT molecular complexity index is 630. The van der Waals surface area contributed by atoms with E-state index in [4.69, 9.17) is 21.8 Å². The second kappa shape index (κ2) is 9.59.